The van der Waals surface area contributed by atoms with E-state index in [-0.39, 0.29) is 5.91 Å². The molecule has 0 atom stereocenters. The van der Waals surface area contributed by atoms with Gasteiger partial charge in [0, 0.05) is 17.7 Å². The molecule has 214 valence electrons. The van der Waals surface area contributed by atoms with Crippen LogP contribution in [-0.4, -0.2) is 20.9 Å². The molecule has 0 radical (unpaired) electrons. The molecule has 1 fully saturated rings. The monoisotopic (exact) mass is 556 g/mol. The lowest BCUT2D eigenvalue weighted by atomic mass is 9.94. The van der Waals surface area contributed by atoms with Gasteiger partial charge in [0.25, 0.3) is 0 Å². The summed E-state index contributed by atoms with van der Waals surface area (Å²) >= 11 is 0. The highest BCUT2D eigenvalue weighted by Gasteiger charge is 2.29. The van der Waals surface area contributed by atoms with Crippen LogP contribution in [0.5, 0.6) is 0 Å². The SMILES string of the molecule is O=C(Cc1ccccccccc1)N1Cc2ccccc2-c2c(nnn2CC2CCCCCCCC2)-c2ccccc21. The molecule has 42 heavy (non-hydrogen) atoms. The molecule has 2 aliphatic rings. The van der Waals surface area contributed by atoms with Crippen molar-refractivity contribution >= 4 is 11.6 Å². The fourth-order valence-corrected chi connectivity index (χ4v) is 6.43. The molecular weight excluding hydrogens is 516 g/mol. The van der Waals surface area contributed by atoms with Crippen molar-refractivity contribution in [1.29, 1.82) is 0 Å². The zero-order valence-corrected chi connectivity index (χ0v) is 24.4. The van der Waals surface area contributed by atoms with Crippen molar-refractivity contribution < 1.29 is 4.79 Å². The number of nitrogens with zero attached hydrogens (tertiary/aromatic N) is 4. The first-order chi connectivity index (χ1) is 20.8. The number of carbonyl (C=O) groups is 1. The Morgan fingerprint density at radius 2 is 1.29 bits per heavy atom. The van der Waals surface area contributed by atoms with Crippen LogP contribution in [0.25, 0.3) is 22.5 Å². The number of hydrogen-bond donors (Lipinski definition) is 0. The van der Waals surface area contributed by atoms with Crippen LogP contribution in [0.4, 0.5) is 5.69 Å². The second-order valence-electron chi connectivity index (χ2n) is 11.6. The Bertz CT molecular complexity index is 1540. The highest BCUT2D eigenvalue weighted by atomic mass is 16.2. The van der Waals surface area contributed by atoms with Crippen molar-refractivity contribution in [3.63, 3.8) is 0 Å². The number of benzene rings is 2. The van der Waals surface area contributed by atoms with Gasteiger partial charge in [0.05, 0.1) is 24.3 Å². The van der Waals surface area contributed by atoms with E-state index < -0.39 is 0 Å². The summed E-state index contributed by atoms with van der Waals surface area (Å²) in [5.41, 5.74) is 6.97. The number of rotatable bonds is 4. The highest BCUT2D eigenvalue weighted by Crippen LogP contribution is 2.41. The zero-order chi connectivity index (χ0) is 28.6. The molecule has 2 heterocycles. The minimum Gasteiger partial charge on any atom is -0.307 e. The molecule has 0 unspecified atom stereocenters. The van der Waals surface area contributed by atoms with Crippen LogP contribution in [0.15, 0.2) is 103 Å². The quantitative estimate of drug-likeness (QED) is 0.253. The Kier molecular flexibility index (Phi) is 9.04. The molecule has 1 aromatic heterocycles. The lowest BCUT2D eigenvalue weighted by Crippen LogP contribution is -2.33. The summed E-state index contributed by atoms with van der Waals surface area (Å²) in [6, 6.07) is 34.6. The van der Waals surface area contributed by atoms with Gasteiger partial charge in [0.15, 0.2) is 0 Å². The summed E-state index contributed by atoms with van der Waals surface area (Å²) in [6.07, 6.45) is 10.8. The smallest absolute Gasteiger partial charge is 0.231 e. The lowest BCUT2D eigenvalue weighted by Gasteiger charge is -2.29. The van der Waals surface area contributed by atoms with E-state index in [0.29, 0.717) is 18.9 Å². The largest absolute Gasteiger partial charge is 0.307 e. The molecule has 6 rings (SSSR count). The molecular formula is C37H40N4O. The van der Waals surface area contributed by atoms with Crippen molar-refractivity contribution in [2.75, 3.05) is 4.90 Å². The van der Waals surface area contributed by atoms with Gasteiger partial charge in [-0.05, 0) is 36.0 Å². The molecule has 4 aromatic rings. The van der Waals surface area contributed by atoms with Gasteiger partial charge in [-0.1, -0.05) is 141 Å². The van der Waals surface area contributed by atoms with Crippen molar-refractivity contribution in [3.05, 3.63) is 114 Å². The van der Waals surface area contributed by atoms with Gasteiger partial charge in [-0.15, -0.1) is 5.10 Å². The summed E-state index contributed by atoms with van der Waals surface area (Å²) in [6.45, 7) is 1.38. The Labute approximate surface area is 249 Å². The number of amides is 1. The Hall–Kier alpha value is -4.25. The van der Waals surface area contributed by atoms with E-state index in [4.69, 9.17) is 10.3 Å². The van der Waals surface area contributed by atoms with E-state index in [1.165, 1.54) is 51.4 Å². The summed E-state index contributed by atoms with van der Waals surface area (Å²) in [5.74, 6) is 0.664. The Balaban J connectivity index is 1.39. The topological polar surface area (TPSA) is 51.0 Å². The molecule has 0 spiro atoms. The fraction of sp³-hybridized carbons (Fsp3) is 0.324. The number of anilines is 1. The average Bonchev–Trinajstić information content (AvgIpc) is 3.47. The Morgan fingerprint density at radius 1 is 0.690 bits per heavy atom. The van der Waals surface area contributed by atoms with Gasteiger partial charge >= 0.3 is 0 Å². The second-order valence-corrected chi connectivity index (χ2v) is 11.6. The van der Waals surface area contributed by atoms with Gasteiger partial charge < -0.3 is 4.90 Å². The van der Waals surface area contributed by atoms with Crippen LogP contribution in [0, 0.1) is 5.92 Å². The molecule has 0 saturated heterocycles. The maximum Gasteiger partial charge on any atom is 0.231 e. The molecule has 5 heteroatoms. The second kappa shape index (κ2) is 13.6. The third kappa shape index (κ3) is 6.46. The summed E-state index contributed by atoms with van der Waals surface area (Å²) in [7, 11) is 0. The molecule has 0 bridgehead atoms. The van der Waals surface area contributed by atoms with Gasteiger partial charge in [0.2, 0.25) is 5.91 Å². The summed E-state index contributed by atoms with van der Waals surface area (Å²) in [4.78, 5) is 16.0. The van der Waals surface area contributed by atoms with Crippen LogP contribution in [0.1, 0.15) is 62.5 Å². The number of fused-ring (bicyclic) bond motifs is 5. The van der Waals surface area contributed by atoms with Crippen LogP contribution in [0.3, 0.4) is 0 Å². The van der Waals surface area contributed by atoms with Crippen molar-refractivity contribution in [2.24, 2.45) is 5.92 Å². The first-order valence-corrected chi connectivity index (χ1v) is 15.6. The molecule has 3 aromatic carbocycles. The lowest BCUT2D eigenvalue weighted by molar-refractivity contribution is -0.118. The van der Waals surface area contributed by atoms with E-state index in [1.807, 2.05) is 77.7 Å². The minimum atomic E-state index is 0.0551. The van der Waals surface area contributed by atoms with Crippen molar-refractivity contribution in [2.45, 2.75) is 70.9 Å². The molecule has 1 aliphatic carbocycles. The van der Waals surface area contributed by atoms with Gasteiger partial charge in [-0.25, -0.2) is 4.68 Å². The normalized spacial score (nSPS) is 15.4. The predicted octanol–water partition coefficient (Wildman–Crippen LogP) is 8.58. The third-order valence-corrected chi connectivity index (χ3v) is 8.64. The maximum absolute atomic E-state index is 14.1. The van der Waals surface area contributed by atoms with Crippen molar-refractivity contribution in [1.82, 2.24) is 15.0 Å². The van der Waals surface area contributed by atoms with Crippen molar-refractivity contribution in [3.8, 4) is 22.5 Å². The average molecular weight is 557 g/mol. The minimum absolute atomic E-state index is 0.0551. The number of para-hydroxylation sites is 1. The van der Waals surface area contributed by atoms with Gasteiger partial charge in [0.1, 0.15) is 5.69 Å². The zero-order valence-electron chi connectivity index (χ0n) is 24.4. The van der Waals surface area contributed by atoms with Crippen LogP contribution < -0.4 is 4.90 Å². The highest BCUT2D eigenvalue weighted by molar-refractivity contribution is 6.00. The van der Waals surface area contributed by atoms with Gasteiger partial charge in [-0.3, -0.25) is 4.79 Å². The number of aromatic nitrogens is 3. The third-order valence-electron chi connectivity index (χ3n) is 8.64. The van der Waals surface area contributed by atoms with Crippen LogP contribution in [0.2, 0.25) is 0 Å². The molecule has 1 saturated carbocycles. The van der Waals surface area contributed by atoms with E-state index >= 15 is 0 Å². The van der Waals surface area contributed by atoms with Gasteiger partial charge in [-0.2, -0.15) is 0 Å². The molecule has 1 aliphatic heterocycles. The maximum atomic E-state index is 14.1. The molecule has 1 amide bonds. The van der Waals surface area contributed by atoms with Crippen LogP contribution >= 0.6 is 0 Å². The number of carbonyl (C=O) groups excluding carboxylic acids is 1. The number of hydrogen-bond acceptors (Lipinski definition) is 3. The standard InChI is InChI=1S/C37H40N4O/c42-35(26-29-18-10-6-2-1-3-7-11-19-29)40-28-31-22-14-15-23-32(31)37-36(33-24-16-17-25-34(33)40)38-39-41(37)27-30-20-12-8-4-5-9-13-21-30/h1-3,6-7,10-11,14-19,22-25,30H,4-5,8-9,12-13,20-21,26-28H2. The summed E-state index contributed by atoms with van der Waals surface area (Å²) < 4.78 is 2.16. The van der Waals surface area contributed by atoms with E-state index in [0.717, 1.165) is 45.9 Å². The van der Waals surface area contributed by atoms with Crippen LogP contribution in [-0.2, 0) is 24.3 Å². The molecule has 0 N–H and O–H groups in total. The fourth-order valence-electron chi connectivity index (χ4n) is 6.43. The Morgan fingerprint density at radius 3 is 2.02 bits per heavy atom. The first kappa shape index (κ1) is 27.9. The molecule has 5 nitrogen and oxygen atoms in total. The summed E-state index contributed by atoms with van der Waals surface area (Å²) in [5, 5.41) is 9.58. The first-order valence-electron chi connectivity index (χ1n) is 15.6. The van der Waals surface area contributed by atoms with E-state index in [1.54, 1.807) is 0 Å². The van der Waals surface area contributed by atoms with E-state index in [9.17, 15) is 4.79 Å². The predicted molar refractivity (Wildman–Crippen MR) is 170 cm³/mol. The van der Waals surface area contributed by atoms with E-state index in [2.05, 4.69) is 35.0 Å².